The first-order chi connectivity index (χ1) is 7.70. The third kappa shape index (κ3) is 1.54. The minimum atomic E-state index is -1.73. The summed E-state index contributed by atoms with van der Waals surface area (Å²) in [5, 5.41) is 9.23. The summed E-state index contributed by atoms with van der Waals surface area (Å²) in [6, 6.07) is 6.77. The van der Waals surface area contributed by atoms with Crippen LogP contribution >= 0.6 is 0 Å². The molecule has 0 spiro atoms. The molecule has 1 aromatic carbocycles. The lowest BCUT2D eigenvalue weighted by molar-refractivity contribution is -0.205. The third-order valence-electron chi connectivity index (χ3n) is 2.44. The fraction of sp³-hybridized carbons (Fsp3) is 0.364. The van der Waals surface area contributed by atoms with Crippen LogP contribution < -0.4 is 4.74 Å². The first kappa shape index (κ1) is 10.9. The Morgan fingerprint density at radius 1 is 1.38 bits per heavy atom. The summed E-state index contributed by atoms with van der Waals surface area (Å²) in [6.07, 6.45) is 0. The number of carboxylic acid groups (broad SMARTS) is 1. The highest BCUT2D eigenvalue weighted by molar-refractivity contribution is 5.79. The number of benzene rings is 1. The van der Waals surface area contributed by atoms with Crippen LogP contribution in [-0.2, 0) is 20.1 Å². The van der Waals surface area contributed by atoms with Crippen LogP contribution in [0.3, 0.4) is 0 Å². The molecule has 0 radical (unpaired) electrons. The Morgan fingerprint density at radius 2 is 2.00 bits per heavy atom. The predicted molar refractivity (Wildman–Crippen MR) is 54.2 cm³/mol. The van der Waals surface area contributed by atoms with Crippen LogP contribution in [0.5, 0.6) is 5.75 Å². The number of aliphatic carboxylic acids is 1. The summed E-state index contributed by atoms with van der Waals surface area (Å²) in [7, 11) is 1.48. The van der Waals surface area contributed by atoms with Gasteiger partial charge < -0.3 is 19.3 Å². The van der Waals surface area contributed by atoms with Gasteiger partial charge in [-0.2, -0.15) is 0 Å². The highest BCUT2D eigenvalue weighted by Gasteiger charge is 2.48. The molecule has 0 aliphatic carbocycles. The molecule has 0 saturated carbocycles. The van der Waals surface area contributed by atoms with E-state index in [2.05, 4.69) is 0 Å². The van der Waals surface area contributed by atoms with Crippen molar-refractivity contribution in [2.45, 2.75) is 5.79 Å². The normalized spacial score (nSPS) is 18.3. The third-order valence-corrected chi connectivity index (χ3v) is 2.44. The van der Waals surface area contributed by atoms with Gasteiger partial charge in [0.05, 0.1) is 25.9 Å². The average molecular weight is 224 g/mol. The molecule has 1 aliphatic heterocycles. The van der Waals surface area contributed by atoms with Crippen molar-refractivity contribution in [1.82, 2.24) is 0 Å². The highest BCUT2D eigenvalue weighted by Crippen LogP contribution is 2.37. The molecular formula is C11H12O5. The van der Waals surface area contributed by atoms with E-state index in [0.29, 0.717) is 11.3 Å². The quantitative estimate of drug-likeness (QED) is 0.829. The van der Waals surface area contributed by atoms with Gasteiger partial charge in [0.15, 0.2) is 0 Å². The summed E-state index contributed by atoms with van der Waals surface area (Å²) in [4.78, 5) is 11.3. The van der Waals surface area contributed by atoms with E-state index in [1.54, 1.807) is 24.3 Å². The van der Waals surface area contributed by atoms with E-state index in [-0.39, 0.29) is 13.2 Å². The van der Waals surface area contributed by atoms with Gasteiger partial charge in [0.1, 0.15) is 5.75 Å². The van der Waals surface area contributed by atoms with Crippen molar-refractivity contribution in [3.63, 3.8) is 0 Å². The summed E-state index contributed by atoms with van der Waals surface area (Å²) >= 11 is 0. The molecule has 0 aromatic heterocycles. The molecule has 16 heavy (non-hydrogen) atoms. The molecule has 1 saturated heterocycles. The number of carbonyl (C=O) groups is 1. The summed E-state index contributed by atoms with van der Waals surface area (Å²) in [5.74, 6) is -2.46. The number of hydrogen-bond acceptors (Lipinski definition) is 4. The van der Waals surface area contributed by atoms with Crippen molar-refractivity contribution in [2.24, 2.45) is 0 Å². The lowest BCUT2D eigenvalue weighted by Gasteiger charge is -2.24. The molecule has 1 aromatic rings. The lowest BCUT2D eigenvalue weighted by atomic mass is 10.0. The van der Waals surface area contributed by atoms with Gasteiger partial charge in [-0.15, -0.1) is 0 Å². The molecule has 1 heterocycles. The molecule has 1 aliphatic rings. The van der Waals surface area contributed by atoms with Gasteiger partial charge in [0.25, 0.3) is 0 Å². The van der Waals surface area contributed by atoms with Crippen LogP contribution in [0.2, 0.25) is 0 Å². The highest BCUT2D eigenvalue weighted by atomic mass is 16.8. The second kappa shape index (κ2) is 4.11. The molecule has 0 amide bonds. The molecule has 2 rings (SSSR count). The monoisotopic (exact) mass is 224 g/mol. The number of hydrogen-bond donors (Lipinski definition) is 1. The van der Waals surface area contributed by atoms with E-state index in [0.717, 1.165) is 0 Å². The zero-order valence-corrected chi connectivity index (χ0v) is 8.80. The second-order valence-electron chi connectivity index (χ2n) is 3.32. The maximum Gasteiger partial charge on any atom is 0.369 e. The number of carboxylic acids is 1. The Hall–Kier alpha value is -1.59. The Balaban J connectivity index is 2.51. The van der Waals surface area contributed by atoms with Crippen LogP contribution in [0.4, 0.5) is 0 Å². The van der Waals surface area contributed by atoms with Crippen LogP contribution in [-0.4, -0.2) is 31.4 Å². The van der Waals surface area contributed by atoms with E-state index >= 15 is 0 Å². The maximum absolute atomic E-state index is 11.3. The van der Waals surface area contributed by atoms with Gasteiger partial charge in [-0.3, -0.25) is 0 Å². The molecule has 1 N–H and O–H groups in total. The Bertz CT molecular complexity index is 395. The number of para-hydroxylation sites is 1. The van der Waals surface area contributed by atoms with Gasteiger partial charge >= 0.3 is 11.8 Å². The van der Waals surface area contributed by atoms with Crippen LogP contribution in [0.25, 0.3) is 0 Å². The van der Waals surface area contributed by atoms with E-state index in [4.69, 9.17) is 14.2 Å². The van der Waals surface area contributed by atoms with E-state index in [9.17, 15) is 9.90 Å². The molecular weight excluding hydrogens is 212 g/mol. The van der Waals surface area contributed by atoms with Crippen molar-refractivity contribution in [1.29, 1.82) is 0 Å². The van der Waals surface area contributed by atoms with Crippen molar-refractivity contribution in [3.8, 4) is 5.75 Å². The largest absolute Gasteiger partial charge is 0.496 e. The molecule has 86 valence electrons. The van der Waals surface area contributed by atoms with Gasteiger partial charge in [-0.25, -0.2) is 4.79 Å². The minimum Gasteiger partial charge on any atom is -0.496 e. The van der Waals surface area contributed by atoms with Crippen molar-refractivity contribution in [2.75, 3.05) is 20.3 Å². The number of rotatable bonds is 3. The van der Waals surface area contributed by atoms with Gasteiger partial charge in [-0.1, -0.05) is 12.1 Å². The SMILES string of the molecule is COc1ccccc1C1(C(=O)O)OCCO1. The lowest BCUT2D eigenvalue weighted by Crippen LogP contribution is -2.37. The van der Waals surface area contributed by atoms with Crippen LogP contribution in [0.1, 0.15) is 5.56 Å². The standard InChI is InChI=1S/C11H12O5/c1-14-9-5-3-2-4-8(9)11(10(12)13)15-6-7-16-11/h2-5H,6-7H2,1H3,(H,12,13). The maximum atomic E-state index is 11.3. The number of ether oxygens (including phenoxy) is 3. The Morgan fingerprint density at radius 3 is 2.56 bits per heavy atom. The zero-order valence-electron chi connectivity index (χ0n) is 8.80. The average Bonchev–Trinajstić information content (AvgIpc) is 2.79. The summed E-state index contributed by atoms with van der Waals surface area (Å²) in [6.45, 7) is 0.509. The molecule has 0 bridgehead atoms. The van der Waals surface area contributed by atoms with E-state index in [1.807, 2.05) is 0 Å². The van der Waals surface area contributed by atoms with E-state index in [1.165, 1.54) is 7.11 Å². The minimum absolute atomic E-state index is 0.254. The van der Waals surface area contributed by atoms with Crippen molar-refractivity contribution in [3.05, 3.63) is 29.8 Å². The number of methoxy groups -OCH3 is 1. The van der Waals surface area contributed by atoms with Crippen molar-refractivity contribution >= 4 is 5.97 Å². The fourth-order valence-electron chi connectivity index (χ4n) is 1.72. The molecule has 5 nitrogen and oxygen atoms in total. The molecule has 5 heteroatoms. The Kier molecular flexibility index (Phi) is 2.80. The zero-order chi connectivity index (χ0) is 11.6. The summed E-state index contributed by atoms with van der Waals surface area (Å²) < 4.78 is 15.6. The Labute approximate surface area is 92.5 Å². The van der Waals surface area contributed by atoms with Crippen LogP contribution in [0.15, 0.2) is 24.3 Å². The molecule has 1 fully saturated rings. The van der Waals surface area contributed by atoms with Crippen molar-refractivity contribution < 1.29 is 24.1 Å². The second-order valence-corrected chi connectivity index (χ2v) is 3.32. The van der Waals surface area contributed by atoms with Gasteiger partial charge in [0, 0.05) is 0 Å². The summed E-state index contributed by atoms with van der Waals surface area (Å²) in [5.41, 5.74) is 0.377. The predicted octanol–water partition coefficient (Wildman–Crippen LogP) is 0.979. The van der Waals surface area contributed by atoms with E-state index < -0.39 is 11.8 Å². The van der Waals surface area contributed by atoms with Crippen LogP contribution in [0, 0.1) is 0 Å². The topological polar surface area (TPSA) is 65.0 Å². The molecule has 0 atom stereocenters. The van der Waals surface area contributed by atoms with Gasteiger partial charge in [-0.05, 0) is 12.1 Å². The molecule has 0 unspecified atom stereocenters. The smallest absolute Gasteiger partial charge is 0.369 e. The first-order valence-corrected chi connectivity index (χ1v) is 4.85. The van der Waals surface area contributed by atoms with Gasteiger partial charge in [0.2, 0.25) is 0 Å². The first-order valence-electron chi connectivity index (χ1n) is 4.85. The fourth-order valence-corrected chi connectivity index (χ4v) is 1.72.